The second-order valence-corrected chi connectivity index (χ2v) is 6.03. The molecule has 1 saturated carbocycles. The van der Waals surface area contributed by atoms with Gasteiger partial charge in [-0.25, -0.2) is 8.78 Å². The molecule has 1 aromatic heterocycles. The Morgan fingerprint density at radius 2 is 1.92 bits per heavy atom. The Bertz CT molecular complexity index is 836. The molecule has 0 bridgehead atoms. The van der Waals surface area contributed by atoms with Gasteiger partial charge in [-0.15, -0.1) is 0 Å². The molecule has 3 rings (SSSR count). The van der Waals surface area contributed by atoms with Gasteiger partial charge in [-0.3, -0.25) is 4.79 Å². The van der Waals surface area contributed by atoms with Crippen LogP contribution < -0.4 is 10.6 Å². The number of hydrogen-bond acceptors (Lipinski definition) is 3. The number of halogens is 2. The van der Waals surface area contributed by atoms with E-state index in [9.17, 15) is 18.7 Å². The molecular weight excluding hydrogens is 342 g/mol. The summed E-state index contributed by atoms with van der Waals surface area (Å²) in [7, 11) is 0. The number of hydrogen-bond donors (Lipinski definition) is 3. The molecule has 1 heterocycles. The van der Waals surface area contributed by atoms with Gasteiger partial charge in [-0.05, 0) is 37.1 Å². The number of aliphatic imine (C=N–C) groups is 1. The lowest BCUT2D eigenvalue weighted by molar-refractivity contribution is 0.100. The summed E-state index contributed by atoms with van der Waals surface area (Å²) in [6.07, 6.45) is 4.03. The van der Waals surface area contributed by atoms with E-state index in [2.05, 4.69) is 20.6 Å². The van der Waals surface area contributed by atoms with Crippen LogP contribution in [0.1, 0.15) is 36.0 Å². The minimum Gasteiger partial charge on any atom is -0.493 e. The van der Waals surface area contributed by atoms with E-state index in [1.54, 1.807) is 12.1 Å². The topological polar surface area (TPSA) is 86.6 Å². The predicted molar refractivity (Wildman–Crippen MR) is 93.0 cm³/mol. The number of pyridine rings is 1. The maximum atomic E-state index is 13.4. The molecule has 0 unspecified atom stereocenters. The van der Waals surface area contributed by atoms with Crippen molar-refractivity contribution < 1.29 is 18.7 Å². The van der Waals surface area contributed by atoms with Crippen molar-refractivity contribution in [3.8, 4) is 5.88 Å². The Morgan fingerprint density at radius 1 is 1.15 bits per heavy atom. The average Bonchev–Trinajstić information content (AvgIpc) is 3.10. The van der Waals surface area contributed by atoms with E-state index in [1.807, 2.05) is 0 Å². The average molecular weight is 360 g/mol. The maximum Gasteiger partial charge on any atom is 0.280 e. The van der Waals surface area contributed by atoms with Gasteiger partial charge in [0.15, 0.2) is 11.6 Å². The summed E-state index contributed by atoms with van der Waals surface area (Å²) in [4.78, 5) is 20.2. The number of aromatic nitrogens is 1. The van der Waals surface area contributed by atoms with Gasteiger partial charge in [0.1, 0.15) is 5.82 Å². The first-order chi connectivity index (χ1) is 12.5. The molecule has 1 aliphatic rings. The van der Waals surface area contributed by atoms with Gasteiger partial charge in [0.05, 0.1) is 0 Å². The number of rotatable bonds is 3. The van der Waals surface area contributed by atoms with Crippen molar-refractivity contribution in [3.63, 3.8) is 0 Å². The van der Waals surface area contributed by atoms with Crippen LogP contribution in [0.2, 0.25) is 0 Å². The number of nitrogens with zero attached hydrogens (tertiary/aromatic N) is 2. The highest BCUT2D eigenvalue weighted by molar-refractivity contribution is 6.06. The standard InChI is InChI=1S/C18H18F2N4O2/c19-13-9-8-11(10-14(13)20)17(26)24-18(21-12-4-1-2-5-12)23-15-6-3-7-16(25)22-15/h3,6-10,12H,1-2,4-5H2,(H3,21,22,23,24,25,26). The third-order valence-corrected chi connectivity index (χ3v) is 4.06. The first kappa shape index (κ1) is 17.8. The molecular formula is C18H18F2N4O2. The zero-order valence-corrected chi connectivity index (χ0v) is 13.9. The minimum atomic E-state index is -1.11. The van der Waals surface area contributed by atoms with Gasteiger partial charge in [0.2, 0.25) is 11.8 Å². The SMILES string of the molecule is O=C(/N=C(\Nc1cccc(O)n1)NC1CCCC1)c1ccc(F)c(F)c1. The van der Waals surface area contributed by atoms with Crippen molar-refractivity contribution in [1.82, 2.24) is 10.3 Å². The Balaban J connectivity index is 1.83. The highest BCUT2D eigenvalue weighted by atomic mass is 19.2. The molecule has 0 aliphatic heterocycles. The third-order valence-electron chi connectivity index (χ3n) is 4.06. The van der Waals surface area contributed by atoms with Crippen LogP contribution in [-0.2, 0) is 0 Å². The van der Waals surface area contributed by atoms with E-state index in [4.69, 9.17) is 0 Å². The summed E-state index contributed by atoms with van der Waals surface area (Å²) in [5.41, 5.74) is -0.0692. The fraction of sp³-hybridized carbons (Fsp3) is 0.278. The van der Waals surface area contributed by atoms with Crippen LogP contribution in [0.4, 0.5) is 14.6 Å². The van der Waals surface area contributed by atoms with E-state index < -0.39 is 17.5 Å². The number of anilines is 1. The van der Waals surface area contributed by atoms with Crippen LogP contribution in [0.15, 0.2) is 41.4 Å². The Kier molecular flexibility index (Phi) is 5.40. The number of aromatic hydroxyl groups is 1. The normalized spacial score (nSPS) is 15.1. The van der Waals surface area contributed by atoms with Gasteiger partial charge in [-0.2, -0.15) is 9.98 Å². The van der Waals surface area contributed by atoms with Gasteiger partial charge in [0.25, 0.3) is 5.91 Å². The van der Waals surface area contributed by atoms with Crippen LogP contribution in [0, 0.1) is 11.6 Å². The summed E-state index contributed by atoms with van der Waals surface area (Å²) in [6.45, 7) is 0. The molecule has 8 heteroatoms. The smallest absolute Gasteiger partial charge is 0.280 e. The van der Waals surface area contributed by atoms with E-state index in [0.717, 1.165) is 37.8 Å². The van der Waals surface area contributed by atoms with Crippen LogP contribution >= 0.6 is 0 Å². The van der Waals surface area contributed by atoms with Crippen LogP contribution in [0.5, 0.6) is 5.88 Å². The van der Waals surface area contributed by atoms with E-state index in [1.165, 1.54) is 12.1 Å². The number of guanidine groups is 1. The zero-order chi connectivity index (χ0) is 18.5. The molecule has 1 amide bonds. The highest BCUT2D eigenvalue weighted by Gasteiger charge is 2.18. The zero-order valence-electron chi connectivity index (χ0n) is 13.9. The lowest BCUT2D eigenvalue weighted by Crippen LogP contribution is -2.38. The molecule has 0 atom stereocenters. The van der Waals surface area contributed by atoms with Crippen molar-refractivity contribution >= 4 is 17.7 Å². The molecule has 0 saturated heterocycles. The summed E-state index contributed by atoms with van der Waals surface area (Å²) in [5.74, 6) is -2.60. The van der Waals surface area contributed by atoms with E-state index in [-0.39, 0.29) is 23.4 Å². The summed E-state index contributed by atoms with van der Waals surface area (Å²) >= 11 is 0. The molecule has 0 spiro atoms. The lowest BCUT2D eigenvalue weighted by atomic mass is 10.2. The first-order valence-electron chi connectivity index (χ1n) is 8.29. The predicted octanol–water partition coefficient (Wildman–Crippen LogP) is 3.21. The summed E-state index contributed by atoms with van der Waals surface area (Å²) < 4.78 is 26.4. The maximum absolute atomic E-state index is 13.4. The highest BCUT2D eigenvalue weighted by Crippen LogP contribution is 2.18. The van der Waals surface area contributed by atoms with E-state index >= 15 is 0 Å². The molecule has 2 aromatic rings. The molecule has 136 valence electrons. The van der Waals surface area contributed by atoms with Crippen LogP contribution in [-0.4, -0.2) is 28.0 Å². The van der Waals surface area contributed by atoms with Crippen molar-refractivity contribution in [2.45, 2.75) is 31.7 Å². The Morgan fingerprint density at radius 3 is 2.62 bits per heavy atom. The fourth-order valence-electron chi connectivity index (χ4n) is 2.77. The number of benzene rings is 1. The Labute approximate surface area is 149 Å². The Hall–Kier alpha value is -3.03. The third kappa shape index (κ3) is 4.53. The van der Waals surface area contributed by atoms with Gasteiger partial charge < -0.3 is 15.7 Å². The van der Waals surface area contributed by atoms with Crippen LogP contribution in [0.3, 0.4) is 0 Å². The van der Waals surface area contributed by atoms with Crippen LogP contribution in [0.25, 0.3) is 0 Å². The van der Waals surface area contributed by atoms with E-state index in [0.29, 0.717) is 5.82 Å². The number of amides is 1. The molecule has 1 aromatic carbocycles. The molecule has 1 aliphatic carbocycles. The lowest BCUT2D eigenvalue weighted by Gasteiger charge is -2.16. The first-order valence-corrected chi connectivity index (χ1v) is 8.29. The monoisotopic (exact) mass is 360 g/mol. The number of carbonyl (C=O) groups excluding carboxylic acids is 1. The summed E-state index contributed by atoms with van der Waals surface area (Å²) in [5, 5.41) is 15.5. The van der Waals surface area contributed by atoms with Gasteiger partial charge in [-0.1, -0.05) is 18.9 Å². The molecule has 6 nitrogen and oxygen atoms in total. The van der Waals surface area contributed by atoms with Crippen molar-refractivity contribution in [1.29, 1.82) is 0 Å². The van der Waals surface area contributed by atoms with Crippen molar-refractivity contribution in [2.24, 2.45) is 4.99 Å². The minimum absolute atomic E-state index is 0.0692. The van der Waals surface area contributed by atoms with Crippen molar-refractivity contribution in [2.75, 3.05) is 5.32 Å². The second-order valence-electron chi connectivity index (χ2n) is 6.03. The van der Waals surface area contributed by atoms with Gasteiger partial charge >= 0.3 is 0 Å². The molecule has 3 N–H and O–H groups in total. The molecule has 0 radical (unpaired) electrons. The number of carbonyl (C=O) groups is 1. The second kappa shape index (κ2) is 7.90. The summed E-state index contributed by atoms with van der Waals surface area (Å²) in [6, 6.07) is 7.62. The quantitative estimate of drug-likeness (QED) is 0.578. The van der Waals surface area contributed by atoms with Crippen molar-refractivity contribution in [3.05, 3.63) is 53.6 Å². The fourth-order valence-corrected chi connectivity index (χ4v) is 2.77. The van der Waals surface area contributed by atoms with Gasteiger partial charge in [0, 0.05) is 17.7 Å². The largest absolute Gasteiger partial charge is 0.493 e. The number of nitrogens with one attached hydrogen (secondary N) is 2. The molecule has 1 fully saturated rings. The molecule has 26 heavy (non-hydrogen) atoms.